The highest BCUT2D eigenvalue weighted by atomic mass is 35.5. The van der Waals surface area contributed by atoms with E-state index in [0.29, 0.717) is 36.9 Å². The molecule has 1 aromatic heterocycles. The Labute approximate surface area is 97.4 Å². The number of hydrogen-bond acceptors (Lipinski definition) is 3. The van der Waals surface area contributed by atoms with Crippen molar-refractivity contribution in [3.8, 4) is 0 Å². The summed E-state index contributed by atoms with van der Waals surface area (Å²) >= 11 is 5.89. The average Bonchev–Trinajstić information content (AvgIpc) is 2.30. The SMILES string of the molecule is FC(F)C1CCN(c2nccnc2Cl)CC1. The molecule has 0 unspecified atom stereocenters. The fourth-order valence-corrected chi connectivity index (χ4v) is 2.11. The van der Waals surface area contributed by atoms with E-state index in [9.17, 15) is 8.78 Å². The fourth-order valence-electron chi connectivity index (χ4n) is 1.89. The fraction of sp³-hybridized carbons (Fsp3) is 0.600. The van der Waals surface area contributed by atoms with Crippen molar-refractivity contribution in [2.45, 2.75) is 19.3 Å². The highest BCUT2D eigenvalue weighted by Crippen LogP contribution is 2.28. The largest absolute Gasteiger partial charge is 0.354 e. The van der Waals surface area contributed by atoms with E-state index < -0.39 is 12.3 Å². The van der Waals surface area contributed by atoms with E-state index >= 15 is 0 Å². The van der Waals surface area contributed by atoms with Gasteiger partial charge in [0.15, 0.2) is 11.0 Å². The minimum atomic E-state index is -2.22. The molecule has 16 heavy (non-hydrogen) atoms. The van der Waals surface area contributed by atoms with Crippen molar-refractivity contribution in [1.82, 2.24) is 9.97 Å². The minimum absolute atomic E-state index is 0.331. The summed E-state index contributed by atoms with van der Waals surface area (Å²) in [6.45, 7) is 1.13. The summed E-state index contributed by atoms with van der Waals surface area (Å²) in [5, 5.41) is 0.331. The van der Waals surface area contributed by atoms with Crippen molar-refractivity contribution < 1.29 is 8.78 Å². The van der Waals surface area contributed by atoms with Crippen LogP contribution in [0.15, 0.2) is 12.4 Å². The molecule has 1 saturated heterocycles. The van der Waals surface area contributed by atoms with Crippen LogP contribution >= 0.6 is 11.6 Å². The van der Waals surface area contributed by atoms with E-state index in [0.717, 1.165) is 0 Å². The van der Waals surface area contributed by atoms with Gasteiger partial charge in [0.05, 0.1) is 0 Å². The van der Waals surface area contributed by atoms with Crippen LogP contribution in [0.25, 0.3) is 0 Å². The lowest BCUT2D eigenvalue weighted by Gasteiger charge is -2.32. The second kappa shape index (κ2) is 4.91. The molecule has 3 nitrogen and oxygen atoms in total. The van der Waals surface area contributed by atoms with Gasteiger partial charge < -0.3 is 4.90 Å². The number of alkyl halides is 2. The molecule has 0 radical (unpaired) electrons. The van der Waals surface area contributed by atoms with Gasteiger partial charge in [0.1, 0.15) is 0 Å². The molecule has 0 saturated carbocycles. The molecule has 0 spiro atoms. The smallest absolute Gasteiger partial charge is 0.241 e. The van der Waals surface area contributed by atoms with Crippen LogP contribution < -0.4 is 4.90 Å². The van der Waals surface area contributed by atoms with E-state index in [1.54, 1.807) is 6.20 Å². The molecule has 2 rings (SSSR count). The van der Waals surface area contributed by atoms with Gasteiger partial charge in [0.2, 0.25) is 6.43 Å². The average molecular weight is 248 g/mol. The third-order valence-corrected chi connectivity index (χ3v) is 3.10. The molecule has 0 bridgehead atoms. The van der Waals surface area contributed by atoms with Gasteiger partial charge in [-0.2, -0.15) is 0 Å². The third kappa shape index (κ3) is 2.40. The van der Waals surface area contributed by atoms with E-state index in [4.69, 9.17) is 11.6 Å². The molecule has 2 heterocycles. The van der Waals surface area contributed by atoms with Crippen LogP contribution in [0.1, 0.15) is 12.8 Å². The predicted octanol–water partition coefficient (Wildman–Crippen LogP) is 2.61. The number of piperidine rings is 1. The van der Waals surface area contributed by atoms with Gasteiger partial charge >= 0.3 is 0 Å². The lowest BCUT2D eigenvalue weighted by Crippen LogP contribution is -2.36. The Morgan fingerprint density at radius 1 is 1.25 bits per heavy atom. The quantitative estimate of drug-likeness (QED) is 0.805. The van der Waals surface area contributed by atoms with Gasteiger partial charge in [0.25, 0.3) is 0 Å². The van der Waals surface area contributed by atoms with Crippen molar-refractivity contribution in [3.05, 3.63) is 17.5 Å². The maximum Gasteiger partial charge on any atom is 0.241 e. The van der Waals surface area contributed by atoms with Crippen LogP contribution in [0.2, 0.25) is 5.15 Å². The molecule has 1 fully saturated rings. The predicted molar refractivity (Wildman–Crippen MR) is 58.0 cm³/mol. The topological polar surface area (TPSA) is 29.0 Å². The monoisotopic (exact) mass is 247 g/mol. The Morgan fingerprint density at radius 3 is 2.44 bits per heavy atom. The molecule has 0 N–H and O–H groups in total. The molecule has 0 aromatic carbocycles. The Morgan fingerprint density at radius 2 is 1.88 bits per heavy atom. The van der Waals surface area contributed by atoms with Gasteiger partial charge in [0, 0.05) is 31.4 Å². The van der Waals surface area contributed by atoms with E-state index in [1.807, 2.05) is 4.90 Å². The van der Waals surface area contributed by atoms with Crippen LogP contribution in [0.5, 0.6) is 0 Å². The zero-order chi connectivity index (χ0) is 11.5. The van der Waals surface area contributed by atoms with Crippen molar-refractivity contribution in [1.29, 1.82) is 0 Å². The highest BCUT2D eigenvalue weighted by Gasteiger charge is 2.27. The van der Waals surface area contributed by atoms with Crippen LogP contribution in [0, 0.1) is 5.92 Å². The zero-order valence-corrected chi connectivity index (χ0v) is 9.37. The van der Waals surface area contributed by atoms with Gasteiger partial charge in [-0.25, -0.2) is 18.7 Å². The molecule has 1 aliphatic rings. The molecule has 0 aliphatic carbocycles. The van der Waals surface area contributed by atoms with Gasteiger partial charge in [-0.05, 0) is 12.8 Å². The Hall–Kier alpha value is -0.970. The second-order valence-electron chi connectivity index (χ2n) is 3.83. The molecular formula is C10H12ClF2N3. The van der Waals surface area contributed by atoms with Crippen molar-refractivity contribution in [3.63, 3.8) is 0 Å². The first-order valence-corrected chi connectivity index (χ1v) is 5.56. The molecular weight excluding hydrogens is 236 g/mol. The highest BCUT2D eigenvalue weighted by molar-refractivity contribution is 6.31. The summed E-state index contributed by atoms with van der Waals surface area (Å²) in [6.07, 6.45) is 1.80. The standard InChI is InChI=1S/C10H12ClF2N3/c11-8-10(15-4-3-14-8)16-5-1-7(2-6-16)9(12)13/h3-4,7,9H,1-2,5-6H2. The number of rotatable bonds is 2. The second-order valence-corrected chi connectivity index (χ2v) is 4.19. The third-order valence-electron chi connectivity index (χ3n) is 2.83. The Bertz CT molecular complexity index is 354. The van der Waals surface area contributed by atoms with Crippen LogP contribution in [-0.4, -0.2) is 29.5 Å². The normalized spacial score (nSPS) is 18.1. The molecule has 0 atom stereocenters. The maximum atomic E-state index is 12.5. The summed E-state index contributed by atoms with van der Waals surface area (Å²) in [5.74, 6) is 0.101. The molecule has 88 valence electrons. The molecule has 1 aromatic rings. The maximum absolute atomic E-state index is 12.5. The number of halogens is 3. The van der Waals surface area contributed by atoms with E-state index in [2.05, 4.69) is 9.97 Å². The molecule has 0 amide bonds. The lowest BCUT2D eigenvalue weighted by atomic mass is 9.97. The van der Waals surface area contributed by atoms with Gasteiger partial charge in [-0.15, -0.1) is 0 Å². The Kier molecular flexibility index (Phi) is 3.53. The minimum Gasteiger partial charge on any atom is -0.354 e. The van der Waals surface area contributed by atoms with Crippen LogP contribution in [-0.2, 0) is 0 Å². The first-order valence-electron chi connectivity index (χ1n) is 5.18. The van der Waals surface area contributed by atoms with E-state index in [-0.39, 0.29) is 0 Å². The van der Waals surface area contributed by atoms with E-state index in [1.165, 1.54) is 6.20 Å². The molecule has 6 heteroatoms. The number of hydrogen-bond donors (Lipinski definition) is 0. The summed E-state index contributed by atoms with van der Waals surface area (Å²) in [4.78, 5) is 9.95. The number of anilines is 1. The zero-order valence-electron chi connectivity index (χ0n) is 8.61. The number of nitrogens with zero attached hydrogens (tertiary/aromatic N) is 3. The summed E-state index contributed by atoms with van der Waals surface area (Å²) < 4.78 is 24.9. The summed E-state index contributed by atoms with van der Waals surface area (Å²) in [5.41, 5.74) is 0. The first kappa shape index (κ1) is 11.5. The van der Waals surface area contributed by atoms with Gasteiger partial charge in [-0.3, -0.25) is 0 Å². The first-order chi connectivity index (χ1) is 7.68. The summed E-state index contributed by atoms with van der Waals surface area (Å²) in [7, 11) is 0. The van der Waals surface area contributed by atoms with Crippen molar-refractivity contribution in [2.24, 2.45) is 5.92 Å². The van der Waals surface area contributed by atoms with Crippen LogP contribution in [0.4, 0.5) is 14.6 Å². The Balaban J connectivity index is 2.02. The van der Waals surface area contributed by atoms with Crippen molar-refractivity contribution >= 4 is 17.4 Å². The van der Waals surface area contributed by atoms with Crippen LogP contribution in [0.3, 0.4) is 0 Å². The lowest BCUT2D eigenvalue weighted by molar-refractivity contribution is 0.0635. The summed E-state index contributed by atoms with van der Waals surface area (Å²) in [6, 6.07) is 0. The molecule has 1 aliphatic heterocycles. The van der Waals surface area contributed by atoms with Gasteiger partial charge in [-0.1, -0.05) is 11.6 Å². The number of aromatic nitrogens is 2. The van der Waals surface area contributed by atoms with Crippen molar-refractivity contribution in [2.75, 3.05) is 18.0 Å².